The summed E-state index contributed by atoms with van der Waals surface area (Å²) in [5.74, 6) is -0.658. The molecule has 0 aliphatic rings. The number of amides is 3. The maximum Gasteiger partial charge on any atom is 0.422 e. The molecule has 46 heavy (non-hydrogen) atoms. The standard InChI is InChI=1S/C34H46N6O6/c1-7-23(2)30(38-32(43)45-6)31(42)37-27(19-24-11-9-8-10-12-24)29(41)22-40(39-33(44)46-34(3,4)5)21-25-13-15-26(16-14-25)28-20-35-17-18-36-28/h8-18,20,23,27,29-30,41H,7,19,21-22H2,1-6H3,(H,37,42)(H,38,43)(H,39,44)/t23-,27-,29-,30-/m0/s1. The molecular formula is C34H46N6O6. The van der Waals surface area contributed by atoms with Crippen molar-refractivity contribution in [1.29, 1.82) is 0 Å². The molecule has 0 spiro atoms. The summed E-state index contributed by atoms with van der Waals surface area (Å²) in [4.78, 5) is 46.9. The van der Waals surface area contributed by atoms with Gasteiger partial charge in [0.05, 0.1) is 31.1 Å². The van der Waals surface area contributed by atoms with Crippen LogP contribution in [0, 0.1) is 5.92 Å². The maximum absolute atomic E-state index is 13.6. The number of carbonyl (C=O) groups is 3. The van der Waals surface area contributed by atoms with Crippen LogP contribution in [0.1, 0.15) is 52.2 Å². The van der Waals surface area contributed by atoms with Gasteiger partial charge in [-0.2, -0.15) is 0 Å². The van der Waals surface area contributed by atoms with Gasteiger partial charge in [-0.3, -0.25) is 20.2 Å². The zero-order valence-electron chi connectivity index (χ0n) is 27.4. The summed E-state index contributed by atoms with van der Waals surface area (Å²) >= 11 is 0. The van der Waals surface area contributed by atoms with E-state index in [0.29, 0.717) is 12.8 Å². The quantitative estimate of drug-likeness (QED) is 0.191. The molecular weight excluding hydrogens is 588 g/mol. The largest absolute Gasteiger partial charge is 0.453 e. The number of aliphatic hydroxyl groups is 1. The molecule has 0 unspecified atom stereocenters. The fourth-order valence-corrected chi connectivity index (χ4v) is 4.69. The van der Waals surface area contributed by atoms with Crippen molar-refractivity contribution in [2.75, 3.05) is 13.7 Å². The molecule has 0 aliphatic carbocycles. The molecule has 0 aliphatic heterocycles. The molecule has 0 fully saturated rings. The van der Waals surface area contributed by atoms with Crippen LogP contribution in [0.15, 0.2) is 73.2 Å². The van der Waals surface area contributed by atoms with Crippen molar-refractivity contribution >= 4 is 18.1 Å². The van der Waals surface area contributed by atoms with Crippen molar-refractivity contribution in [2.45, 2.75) is 77.8 Å². The van der Waals surface area contributed by atoms with Gasteiger partial charge in [0.1, 0.15) is 11.6 Å². The highest BCUT2D eigenvalue weighted by Gasteiger charge is 2.31. The van der Waals surface area contributed by atoms with Crippen LogP contribution < -0.4 is 16.1 Å². The summed E-state index contributed by atoms with van der Waals surface area (Å²) in [6.45, 7) is 9.23. The van der Waals surface area contributed by atoms with E-state index in [-0.39, 0.29) is 19.0 Å². The van der Waals surface area contributed by atoms with Gasteiger partial charge in [-0.1, -0.05) is 74.9 Å². The van der Waals surface area contributed by atoms with Gasteiger partial charge in [-0.15, -0.1) is 0 Å². The first-order valence-corrected chi connectivity index (χ1v) is 15.3. The molecule has 12 heteroatoms. The van der Waals surface area contributed by atoms with E-state index in [1.54, 1.807) is 44.4 Å². The summed E-state index contributed by atoms with van der Waals surface area (Å²) in [7, 11) is 1.23. The van der Waals surface area contributed by atoms with E-state index in [9.17, 15) is 19.5 Å². The maximum atomic E-state index is 13.6. The molecule has 0 saturated carbocycles. The predicted molar refractivity (Wildman–Crippen MR) is 174 cm³/mol. The number of nitrogens with one attached hydrogen (secondary N) is 3. The highest BCUT2D eigenvalue weighted by atomic mass is 16.6. The van der Waals surface area contributed by atoms with E-state index < -0.39 is 41.9 Å². The van der Waals surface area contributed by atoms with Gasteiger partial charge < -0.3 is 25.2 Å². The Hall–Kier alpha value is -4.55. The molecule has 4 N–H and O–H groups in total. The summed E-state index contributed by atoms with van der Waals surface area (Å²) in [5.41, 5.74) is 5.36. The van der Waals surface area contributed by atoms with Crippen molar-refractivity contribution in [3.05, 3.63) is 84.3 Å². The lowest BCUT2D eigenvalue weighted by molar-refractivity contribution is -0.126. The monoisotopic (exact) mass is 634 g/mol. The predicted octanol–water partition coefficient (Wildman–Crippen LogP) is 4.24. The SMILES string of the molecule is CC[C@H](C)[C@H](NC(=O)OC)C(=O)N[C@@H](Cc1ccccc1)[C@@H](O)CN(Cc1ccc(-c2cnccn2)cc1)NC(=O)OC(C)(C)C. The number of hydrazine groups is 1. The number of alkyl carbamates (subject to hydrolysis) is 1. The Morgan fingerprint density at radius 2 is 1.65 bits per heavy atom. The number of aliphatic hydroxyl groups excluding tert-OH is 1. The number of aromatic nitrogens is 2. The smallest absolute Gasteiger partial charge is 0.422 e. The summed E-state index contributed by atoms with van der Waals surface area (Å²) < 4.78 is 10.2. The molecule has 1 aromatic heterocycles. The minimum absolute atomic E-state index is 0.0542. The first-order valence-electron chi connectivity index (χ1n) is 15.3. The second-order valence-corrected chi connectivity index (χ2v) is 12.2. The molecule has 1 heterocycles. The molecule has 2 aromatic carbocycles. The van der Waals surface area contributed by atoms with Gasteiger partial charge >= 0.3 is 12.2 Å². The minimum Gasteiger partial charge on any atom is -0.453 e. The average Bonchev–Trinajstić information content (AvgIpc) is 3.03. The number of benzene rings is 2. The number of carbonyl (C=O) groups excluding carboxylic acids is 3. The van der Waals surface area contributed by atoms with E-state index in [1.807, 2.05) is 68.4 Å². The third-order valence-corrected chi connectivity index (χ3v) is 7.29. The number of ether oxygens (including phenoxy) is 2. The molecule has 12 nitrogen and oxygen atoms in total. The van der Waals surface area contributed by atoms with E-state index in [4.69, 9.17) is 9.47 Å². The first kappa shape index (κ1) is 35.9. The lowest BCUT2D eigenvalue weighted by Gasteiger charge is -2.32. The highest BCUT2D eigenvalue weighted by molar-refractivity contribution is 5.86. The van der Waals surface area contributed by atoms with Crippen LogP contribution in [-0.4, -0.2) is 75.6 Å². The van der Waals surface area contributed by atoms with E-state index >= 15 is 0 Å². The Morgan fingerprint density at radius 1 is 0.957 bits per heavy atom. The Bertz CT molecular complexity index is 1380. The molecule has 3 rings (SSSR count). The summed E-state index contributed by atoms with van der Waals surface area (Å²) in [5, 5.41) is 18.8. The molecule has 0 radical (unpaired) electrons. The van der Waals surface area contributed by atoms with E-state index in [0.717, 1.165) is 22.4 Å². The van der Waals surface area contributed by atoms with Crippen LogP contribution in [0.2, 0.25) is 0 Å². The third kappa shape index (κ3) is 11.8. The van der Waals surface area contributed by atoms with Gasteiger partial charge in [0.15, 0.2) is 0 Å². The number of hydrogen-bond donors (Lipinski definition) is 4. The van der Waals surface area contributed by atoms with Gasteiger partial charge in [0.2, 0.25) is 5.91 Å². The lowest BCUT2D eigenvalue weighted by Crippen LogP contribution is -2.57. The fraction of sp³-hybridized carbons (Fsp3) is 0.441. The van der Waals surface area contributed by atoms with Crippen LogP contribution >= 0.6 is 0 Å². The second kappa shape index (κ2) is 17.2. The molecule has 3 amide bonds. The zero-order valence-corrected chi connectivity index (χ0v) is 27.4. The number of rotatable bonds is 14. The fourth-order valence-electron chi connectivity index (χ4n) is 4.69. The van der Waals surface area contributed by atoms with Crippen molar-refractivity contribution in [1.82, 2.24) is 31.0 Å². The van der Waals surface area contributed by atoms with Gasteiger partial charge in [0.25, 0.3) is 0 Å². The summed E-state index contributed by atoms with van der Waals surface area (Å²) in [6.07, 6.45) is 3.28. The van der Waals surface area contributed by atoms with Gasteiger partial charge in [0, 0.05) is 31.0 Å². The molecule has 248 valence electrons. The van der Waals surface area contributed by atoms with Crippen LogP contribution in [0.25, 0.3) is 11.3 Å². The molecule has 4 atom stereocenters. The average molecular weight is 635 g/mol. The van der Waals surface area contributed by atoms with Crippen LogP contribution in [0.3, 0.4) is 0 Å². The molecule has 0 saturated heterocycles. The Kier molecular flexibility index (Phi) is 13.5. The van der Waals surface area contributed by atoms with Crippen LogP contribution in [-0.2, 0) is 27.2 Å². The molecule has 0 bridgehead atoms. The number of nitrogens with zero attached hydrogens (tertiary/aromatic N) is 3. The number of methoxy groups -OCH3 is 1. The lowest BCUT2D eigenvalue weighted by atomic mass is 9.96. The van der Waals surface area contributed by atoms with Crippen molar-refractivity contribution in [3.63, 3.8) is 0 Å². The number of hydrogen-bond acceptors (Lipinski definition) is 9. The van der Waals surface area contributed by atoms with Gasteiger partial charge in [-0.05, 0) is 44.2 Å². The Balaban J connectivity index is 1.86. The van der Waals surface area contributed by atoms with E-state index in [2.05, 4.69) is 26.0 Å². The third-order valence-electron chi connectivity index (χ3n) is 7.29. The first-order chi connectivity index (χ1) is 21.9. The second-order valence-electron chi connectivity index (χ2n) is 12.2. The van der Waals surface area contributed by atoms with E-state index in [1.165, 1.54) is 7.11 Å². The Morgan fingerprint density at radius 3 is 2.24 bits per heavy atom. The zero-order chi connectivity index (χ0) is 33.7. The highest BCUT2D eigenvalue weighted by Crippen LogP contribution is 2.18. The topological polar surface area (TPSA) is 155 Å². The molecule has 3 aromatic rings. The van der Waals surface area contributed by atoms with Crippen LogP contribution in [0.4, 0.5) is 9.59 Å². The van der Waals surface area contributed by atoms with Crippen molar-refractivity contribution < 1.29 is 29.0 Å². The normalized spacial score (nSPS) is 14.0. The Labute approximate surface area is 270 Å². The minimum atomic E-state index is -1.14. The summed E-state index contributed by atoms with van der Waals surface area (Å²) in [6, 6.07) is 15.4. The van der Waals surface area contributed by atoms with Crippen LogP contribution in [0.5, 0.6) is 0 Å². The van der Waals surface area contributed by atoms with Crippen molar-refractivity contribution in [2.24, 2.45) is 5.92 Å². The van der Waals surface area contributed by atoms with Crippen molar-refractivity contribution in [3.8, 4) is 11.3 Å². The van der Waals surface area contributed by atoms with Gasteiger partial charge in [-0.25, -0.2) is 14.6 Å².